The predicted octanol–water partition coefficient (Wildman–Crippen LogP) is 1.24. The molecular formula is C17H20N4O2. The molecule has 1 aromatic carbocycles. The Labute approximate surface area is 134 Å². The number of hydrogen-bond donors (Lipinski definition) is 3. The number of rotatable bonds is 3. The molecule has 0 spiro atoms. The lowest BCUT2D eigenvalue weighted by Gasteiger charge is -2.22. The molecule has 6 nitrogen and oxygen atoms in total. The van der Waals surface area contributed by atoms with Crippen LogP contribution in [0.1, 0.15) is 35.0 Å². The summed E-state index contributed by atoms with van der Waals surface area (Å²) >= 11 is 0. The van der Waals surface area contributed by atoms with Crippen molar-refractivity contribution >= 4 is 5.91 Å². The van der Waals surface area contributed by atoms with Crippen LogP contribution in [0.25, 0.3) is 0 Å². The van der Waals surface area contributed by atoms with Gasteiger partial charge in [-0.25, -0.2) is 4.98 Å². The lowest BCUT2D eigenvalue weighted by Crippen LogP contribution is -2.41. The molecule has 0 bridgehead atoms. The van der Waals surface area contributed by atoms with Crippen LogP contribution in [0.5, 0.6) is 5.75 Å². The van der Waals surface area contributed by atoms with Gasteiger partial charge in [0, 0.05) is 25.2 Å². The predicted molar refractivity (Wildman–Crippen MR) is 85.1 cm³/mol. The molecule has 1 amide bonds. The van der Waals surface area contributed by atoms with E-state index in [4.69, 9.17) is 4.74 Å². The van der Waals surface area contributed by atoms with Gasteiger partial charge in [-0.15, -0.1) is 0 Å². The van der Waals surface area contributed by atoms with Crippen LogP contribution >= 0.6 is 0 Å². The number of imidazole rings is 1. The molecule has 6 heteroatoms. The Hall–Kier alpha value is -2.34. The van der Waals surface area contributed by atoms with Crippen molar-refractivity contribution in [2.45, 2.75) is 31.8 Å². The van der Waals surface area contributed by atoms with Gasteiger partial charge in [-0.3, -0.25) is 4.79 Å². The molecule has 1 atom stereocenters. The Balaban J connectivity index is 1.43. The zero-order chi connectivity index (χ0) is 15.6. The molecule has 1 aromatic heterocycles. The third-order valence-corrected chi connectivity index (χ3v) is 4.45. The zero-order valence-corrected chi connectivity index (χ0v) is 12.9. The maximum Gasteiger partial charge on any atom is 0.243 e. The molecule has 0 fully saturated rings. The highest BCUT2D eigenvalue weighted by Crippen LogP contribution is 2.25. The van der Waals surface area contributed by atoms with Crippen LogP contribution in [0.4, 0.5) is 0 Å². The summed E-state index contributed by atoms with van der Waals surface area (Å²) in [6.45, 7) is 2.09. The first-order valence-corrected chi connectivity index (χ1v) is 8.09. The van der Waals surface area contributed by atoms with E-state index in [1.54, 1.807) is 6.33 Å². The smallest absolute Gasteiger partial charge is 0.243 e. The van der Waals surface area contributed by atoms with Crippen LogP contribution in [0.15, 0.2) is 24.5 Å². The Morgan fingerprint density at radius 2 is 2.35 bits per heavy atom. The molecule has 0 saturated heterocycles. The molecule has 4 rings (SSSR count). The van der Waals surface area contributed by atoms with E-state index in [-0.39, 0.29) is 11.9 Å². The van der Waals surface area contributed by atoms with Gasteiger partial charge in [0.1, 0.15) is 11.8 Å². The lowest BCUT2D eigenvalue weighted by atomic mass is 10.0. The zero-order valence-electron chi connectivity index (χ0n) is 12.9. The number of carbonyl (C=O) groups excluding carboxylic acids is 1. The summed E-state index contributed by atoms with van der Waals surface area (Å²) in [4.78, 5) is 19.9. The normalized spacial score (nSPS) is 19.4. The maximum absolute atomic E-state index is 12.5. The summed E-state index contributed by atoms with van der Waals surface area (Å²) in [6.07, 6.45) is 4.63. The minimum atomic E-state index is -0.369. The summed E-state index contributed by atoms with van der Waals surface area (Å²) in [6, 6.07) is 5.77. The van der Waals surface area contributed by atoms with Crippen LogP contribution in [-0.4, -0.2) is 29.0 Å². The molecule has 0 aliphatic carbocycles. The second kappa shape index (κ2) is 6.04. The number of aryl methyl sites for hydroxylation is 1. The van der Waals surface area contributed by atoms with E-state index in [1.165, 1.54) is 5.56 Å². The fraction of sp³-hybridized carbons (Fsp3) is 0.412. The molecular weight excluding hydrogens is 292 g/mol. The van der Waals surface area contributed by atoms with E-state index >= 15 is 0 Å². The van der Waals surface area contributed by atoms with Crippen molar-refractivity contribution < 1.29 is 9.53 Å². The molecule has 2 aromatic rings. The van der Waals surface area contributed by atoms with Crippen molar-refractivity contribution in [3.05, 3.63) is 47.0 Å². The highest BCUT2D eigenvalue weighted by atomic mass is 16.5. The van der Waals surface area contributed by atoms with Crippen LogP contribution in [0.3, 0.4) is 0 Å². The minimum Gasteiger partial charge on any atom is -0.493 e. The highest BCUT2D eigenvalue weighted by Gasteiger charge is 2.28. The fourth-order valence-corrected chi connectivity index (χ4v) is 3.25. The first kappa shape index (κ1) is 14.3. The standard InChI is InChI=1S/C17H20N4O2/c22-17(16-15-13(5-6-18-16)20-10-21-15)19-9-11-3-4-14-12(8-11)2-1-7-23-14/h3-4,8,10,16,18H,1-2,5-7,9H2,(H,19,22)(H,20,21). The molecule has 3 N–H and O–H groups in total. The fourth-order valence-electron chi connectivity index (χ4n) is 3.25. The lowest BCUT2D eigenvalue weighted by molar-refractivity contribution is -0.123. The topological polar surface area (TPSA) is 79.0 Å². The van der Waals surface area contributed by atoms with Crippen molar-refractivity contribution in [2.24, 2.45) is 0 Å². The van der Waals surface area contributed by atoms with Crippen LogP contribution in [0, 0.1) is 0 Å². The Morgan fingerprint density at radius 3 is 3.30 bits per heavy atom. The van der Waals surface area contributed by atoms with E-state index in [0.29, 0.717) is 6.54 Å². The van der Waals surface area contributed by atoms with Gasteiger partial charge in [-0.1, -0.05) is 12.1 Å². The molecule has 120 valence electrons. The molecule has 1 unspecified atom stereocenters. The van der Waals surface area contributed by atoms with E-state index < -0.39 is 0 Å². The number of nitrogens with zero attached hydrogens (tertiary/aromatic N) is 1. The molecule has 2 aliphatic rings. The summed E-state index contributed by atoms with van der Waals surface area (Å²) in [5, 5.41) is 6.24. The van der Waals surface area contributed by atoms with Crippen molar-refractivity contribution in [1.29, 1.82) is 0 Å². The number of benzene rings is 1. The van der Waals surface area contributed by atoms with Gasteiger partial charge in [0.05, 0.1) is 18.6 Å². The number of fused-ring (bicyclic) bond motifs is 2. The highest BCUT2D eigenvalue weighted by molar-refractivity contribution is 5.83. The number of ether oxygens (including phenoxy) is 1. The number of amides is 1. The molecule has 0 radical (unpaired) electrons. The van der Waals surface area contributed by atoms with Crippen LogP contribution in [0.2, 0.25) is 0 Å². The van der Waals surface area contributed by atoms with Crippen molar-refractivity contribution in [3.8, 4) is 5.75 Å². The van der Waals surface area contributed by atoms with Gasteiger partial charge < -0.3 is 20.4 Å². The first-order valence-electron chi connectivity index (χ1n) is 8.09. The third kappa shape index (κ3) is 2.82. The Morgan fingerprint density at radius 1 is 1.39 bits per heavy atom. The SMILES string of the molecule is O=C(NCc1ccc2c(c1)CCCO2)C1NCCc2[nH]cnc21. The Bertz CT molecular complexity index is 725. The minimum absolute atomic E-state index is 0.0352. The van der Waals surface area contributed by atoms with Gasteiger partial charge in [-0.2, -0.15) is 0 Å². The molecule has 2 aliphatic heterocycles. The number of aromatic amines is 1. The van der Waals surface area contributed by atoms with Crippen molar-refractivity contribution in [2.75, 3.05) is 13.2 Å². The summed E-state index contributed by atoms with van der Waals surface area (Å²) in [7, 11) is 0. The monoisotopic (exact) mass is 312 g/mol. The van der Waals surface area contributed by atoms with Crippen LogP contribution in [-0.2, 0) is 24.2 Å². The number of nitrogens with one attached hydrogen (secondary N) is 3. The van der Waals surface area contributed by atoms with E-state index in [0.717, 1.165) is 55.1 Å². The van der Waals surface area contributed by atoms with E-state index in [1.807, 2.05) is 12.1 Å². The molecule has 23 heavy (non-hydrogen) atoms. The average molecular weight is 312 g/mol. The van der Waals surface area contributed by atoms with Gasteiger partial charge >= 0.3 is 0 Å². The summed E-state index contributed by atoms with van der Waals surface area (Å²) < 4.78 is 5.62. The van der Waals surface area contributed by atoms with Gasteiger partial charge in [-0.05, 0) is 30.0 Å². The third-order valence-electron chi connectivity index (χ3n) is 4.45. The van der Waals surface area contributed by atoms with Crippen molar-refractivity contribution in [1.82, 2.24) is 20.6 Å². The van der Waals surface area contributed by atoms with E-state index in [9.17, 15) is 4.79 Å². The molecule has 0 saturated carbocycles. The number of hydrogen-bond acceptors (Lipinski definition) is 4. The largest absolute Gasteiger partial charge is 0.493 e. The summed E-state index contributed by atoms with van der Waals surface area (Å²) in [5.74, 6) is 0.938. The number of carbonyl (C=O) groups is 1. The average Bonchev–Trinajstić information content (AvgIpc) is 3.08. The van der Waals surface area contributed by atoms with Crippen LogP contribution < -0.4 is 15.4 Å². The molecule has 3 heterocycles. The maximum atomic E-state index is 12.5. The van der Waals surface area contributed by atoms with Gasteiger partial charge in [0.25, 0.3) is 0 Å². The van der Waals surface area contributed by atoms with E-state index in [2.05, 4.69) is 26.7 Å². The first-order chi connectivity index (χ1) is 11.3. The quantitative estimate of drug-likeness (QED) is 0.797. The second-order valence-electron chi connectivity index (χ2n) is 6.02. The Kier molecular flexibility index (Phi) is 3.75. The number of H-pyrrole nitrogens is 1. The van der Waals surface area contributed by atoms with Gasteiger partial charge in [0.2, 0.25) is 5.91 Å². The second-order valence-corrected chi connectivity index (χ2v) is 6.02. The summed E-state index contributed by atoms with van der Waals surface area (Å²) in [5.41, 5.74) is 4.19. The number of aromatic nitrogens is 2. The van der Waals surface area contributed by atoms with Crippen molar-refractivity contribution in [3.63, 3.8) is 0 Å². The van der Waals surface area contributed by atoms with Gasteiger partial charge in [0.15, 0.2) is 0 Å².